The first-order chi connectivity index (χ1) is 34.7. The molecule has 1 aliphatic carbocycles. The molecular weight excluding hydrogens is 851 g/mol. The molecule has 0 N–H and O–H groups in total. The van der Waals surface area contributed by atoms with Crippen molar-refractivity contribution in [2.75, 3.05) is 4.90 Å². The Labute approximate surface area is 406 Å². The predicted molar refractivity (Wildman–Crippen MR) is 288 cm³/mol. The second kappa shape index (κ2) is 16.0. The fourth-order valence-corrected chi connectivity index (χ4v) is 11.6. The molecule has 70 heavy (non-hydrogen) atoms. The number of para-hydroxylation sites is 5. The highest BCUT2D eigenvalue weighted by Crippen LogP contribution is 2.63. The molecule has 0 amide bonds. The first-order valence-electron chi connectivity index (χ1n) is 24.0. The van der Waals surface area contributed by atoms with E-state index < -0.39 is 5.41 Å². The van der Waals surface area contributed by atoms with Crippen molar-refractivity contribution in [1.29, 1.82) is 0 Å². The number of hydrogen-bond donors (Lipinski definition) is 0. The van der Waals surface area contributed by atoms with Crippen LogP contribution in [-0.2, 0) is 5.41 Å². The molecule has 12 aromatic rings. The first-order valence-corrected chi connectivity index (χ1v) is 24.0. The number of anilines is 3. The molecule has 0 bridgehead atoms. The van der Waals surface area contributed by atoms with Crippen LogP contribution in [0.3, 0.4) is 0 Å². The molecule has 1 spiro atoms. The van der Waals surface area contributed by atoms with E-state index in [-0.39, 0.29) is 0 Å². The second-order valence-corrected chi connectivity index (χ2v) is 18.3. The zero-order valence-corrected chi connectivity index (χ0v) is 38.1. The number of fused-ring (bicyclic) bond motifs is 12. The van der Waals surface area contributed by atoms with Crippen LogP contribution in [0.25, 0.3) is 77.6 Å². The van der Waals surface area contributed by atoms with Gasteiger partial charge in [-0.1, -0.05) is 212 Å². The second-order valence-electron chi connectivity index (χ2n) is 18.3. The summed E-state index contributed by atoms with van der Waals surface area (Å²) in [5, 5.41) is 2.22. The average molecular weight is 894 g/mol. The van der Waals surface area contributed by atoms with Gasteiger partial charge in [-0.3, -0.25) is 0 Å². The van der Waals surface area contributed by atoms with Gasteiger partial charge in [0.1, 0.15) is 22.7 Å². The van der Waals surface area contributed by atoms with Crippen LogP contribution in [0.1, 0.15) is 22.3 Å². The molecule has 0 saturated carbocycles. The molecule has 1 aliphatic heterocycles. The first kappa shape index (κ1) is 39.9. The fourth-order valence-electron chi connectivity index (χ4n) is 11.6. The van der Waals surface area contributed by atoms with Crippen molar-refractivity contribution in [2.45, 2.75) is 5.41 Å². The third kappa shape index (κ3) is 6.01. The lowest BCUT2D eigenvalue weighted by atomic mass is 9.66. The van der Waals surface area contributed by atoms with Gasteiger partial charge in [0.05, 0.1) is 11.1 Å². The maximum Gasteiger partial charge on any atom is 0.143 e. The maximum atomic E-state index is 6.75. The van der Waals surface area contributed by atoms with E-state index in [9.17, 15) is 0 Å². The van der Waals surface area contributed by atoms with Gasteiger partial charge in [0.15, 0.2) is 0 Å². The molecule has 0 atom stereocenters. The van der Waals surface area contributed by atoms with Crippen LogP contribution in [-0.4, -0.2) is 0 Å². The number of rotatable bonds is 7. The van der Waals surface area contributed by atoms with Crippen LogP contribution in [0.2, 0.25) is 0 Å². The van der Waals surface area contributed by atoms with Crippen LogP contribution in [0.15, 0.2) is 265 Å². The van der Waals surface area contributed by atoms with E-state index in [1.54, 1.807) is 0 Å². The van der Waals surface area contributed by atoms with Gasteiger partial charge in [0.2, 0.25) is 0 Å². The number of hydrogen-bond acceptors (Lipinski definition) is 3. The third-order valence-electron chi connectivity index (χ3n) is 14.6. The van der Waals surface area contributed by atoms with Crippen molar-refractivity contribution in [3.05, 3.63) is 283 Å². The van der Waals surface area contributed by atoms with Crippen LogP contribution < -0.4 is 9.64 Å². The van der Waals surface area contributed by atoms with Crippen molar-refractivity contribution in [1.82, 2.24) is 0 Å². The molecule has 1 aromatic heterocycles. The highest BCUT2D eigenvalue weighted by Gasteiger charge is 2.51. The Morgan fingerprint density at radius 3 is 1.59 bits per heavy atom. The smallest absolute Gasteiger partial charge is 0.143 e. The average Bonchev–Trinajstić information content (AvgIpc) is 3.95. The quantitative estimate of drug-likeness (QED) is 0.159. The fraction of sp³-hybridized carbons (Fsp3) is 0.0149. The lowest BCUT2D eigenvalue weighted by molar-refractivity contribution is 0.436. The molecule has 3 nitrogen and oxygen atoms in total. The molecule has 0 radical (unpaired) electrons. The Balaban J connectivity index is 1.03. The largest absolute Gasteiger partial charge is 0.457 e. The Hall–Kier alpha value is -9.18. The number of furan rings is 1. The van der Waals surface area contributed by atoms with Gasteiger partial charge in [-0.05, 0) is 104 Å². The van der Waals surface area contributed by atoms with Gasteiger partial charge in [-0.25, -0.2) is 0 Å². The zero-order chi connectivity index (χ0) is 46.2. The molecule has 11 aromatic carbocycles. The van der Waals surface area contributed by atoms with Crippen LogP contribution in [0.4, 0.5) is 17.1 Å². The van der Waals surface area contributed by atoms with Gasteiger partial charge >= 0.3 is 0 Å². The standard InChI is InChI=1S/C67H43NO2/c1-2-20-44(21-3-1)48-24-4-5-25-50(48)51-26-6-7-27-52(51)55-29-9-14-36-62(55)68(46-23-18-22-45(42-46)49-31-19-32-57-56-30-10-15-37-63(56)70-66(49)57)47-40-41-54-53-28-8-11-33-58(53)67(61(54)43-47)59-34-12-16-38-64(59)69-65-39-17-13-35-60(65)67/h1-43H. The van der Waals surface area contributed by atoms with E-state index in [2.05, 4.69) is 260 Å². The van der Waals surface area contributed by atoms with Gasteiger partial charge in [0.25, 0.3) is 0 Å². The van der Waals surface area contributed by atoms with Crippen LogP contribution in [0, 0.1) is 0 Å². The zero-order valence-electron chi connectivity index (χ0n) is 38.1. The van der Waals surface area contributed by atoms with Crippen molar-refractivity contribution in [2.24, 2.45) is 0 Å². The van der Waals surface area contributed by atoms with E-state index in [4.69, 9.17) is 9.15 Å². The van der Waals surface area contributed by atoms with E-state index in [1.165, 1.54) is 44.5 Å². The summed E-state index contributed by atoms with van der Waals surface area (Å²) in [7, 11) is 0. The normalized spacial score (nSPS) is 12.8. The lowest BCUT2D eigenvalue weighted by Crippen LogP contribution is -2.32. The summed E-state index contributed by atoms with van der Waals surface area (Å²) in [6, 6.07) is 94.2. The third-order valence-corrected chi connectivity index (χ3v) is 14.6. The van der Waals surface area contributed by atoms with E-state index in [0.29, 0.717) is 0 Å². The SMILES string of the molecule is c1ccc(-c2ccccc2-c2ccccc2-c2ccccc2N(c2cccc(-c3cccc4c3oc3ccccc34)c2)c2ccc3c(c2)C2(c4ccccc4Oc4ccccc42)c2ccccc2-3)cc1. The van der Waals surface area contributed by atoms with Crippen LogP contribution in [0.5, 0.6) is 11.5 Å². The highest BCUT2D eigenvalue weighted by molar-refractivity contribution is 6.10. The van der Waals surface area contributed by atoms with E-state index in [1.807, 2.05) is 6.07 Å². The van der Waals surface area contributed by atoms with E-state index >= 15 is 0 Å². The van der Waals surface area contributed by atoms with Gasteiger partial charge in [-0.15, -0.1) is 0 Å². The van der Waals surface area contributed by atoms with Crippen molar-refractivity contribution in [3.63, 3.8) is 0 Å². The predicted octanol–water partition coefficient (Wildman–Crippen LogP) is 18.2. The Morgan fingerprint density at radius 2 is 0.814 bits per heavy atom. The summed E-state index contributed by atoms with van der Waals surface area (Å²) in [6.07, 6.45) is 0. The monoisotopic (exact) mass is 893 g/mol. The minimum absolute atomic E-state index is 0.634. The summed E-state index contributed by atoms with van der Waals surface area (Å²) in [5.41, 5.74) is 20.5. The molecule has 328 valence electrons. The highest BCUT2D eigenvalue weighted by atomic mass is 16.5. The van der Waals surface area contributed by atoms with Crippen molar-refractivity contribution >= 4 is 39.0 Å². The molecule has 3 heteroatoms. The van der Waals surface area contributed by atoms with Gasteiger partial charge in [0, 0.05) is 44.4 Å². The topological polar surface area (TPSA) is 25.6 Å². The molecule has 2 heterocycles. The molecule has 14 rings (SSSR count). The summed E-state index contributed by atoms with van der Waals surface area (Å²) < 4.78 is 13.4. The molecular formula is C67H43NO2. The summed E-state index contributed by atoms with van der Waals surface area (Å²) >= 11 is 0. The van der Waals surface area contributed by atoms with Gasteiger partial charge < -0.3 is 14.1 Å². The Morgan fingerprint density at radius 1 is 0.300 bits per heavy atom. The lowest BCUT2D eigenvalue weighted by Gasteiger charge is -2.39. The Kier molecular flexibility index (Phi) is 9.11. The minimum atomic E-state index is -0.634. The number of benzene rings is 11. The molecule has 0 fully saturated rings. The maximum absolute atomic E-state index is 6.75. The number of ether oxygens (including phenoxy) is 1. The Bertz CT molecular complexity index is 3970. The molecule has 2 aliphatic rings. The van der Waals surface area contributed by atoms with Crippen molar-refractivity contribution in [3.8, 4) is 67.1 Å². The van der Waals surface area contributed by atoms with E-state index in [0.717, 1.165) is 83.9 Å². The summed E-state index contributed by atoms with van der Waals surface area (Å²) in [5.74, 6) is 1.74. The number of nitrogens with zero attached hydrogens (tertiary/aromatic N) is 1. The van der Waals surface area contributed by atoms with Crippen LogP contribution >= 0.6 is 0 Å². The minimum Gasteiger partial charge on any atom is -0.457 e. The van der Waals surface area contributed by atoms with Crippen molar-refractivity contribution < 1.29 is 9.15 Å². The van der Waals surface area contributed by atoms with Gasteiger partial charge in [-0.2, -0.15) is 0 Å². The molecule has 0 unspecified atom stereocenters. The molecule has 0 saturated heterocycles. The summed E-state index contributed by atoms with van der Waals surface area (Å²) in [6.45, 7) is 0. The summed E-state index contributed by atoms with van der Waals surface area (Å²) in [4.78, 5) is 2.46.